The Hall–Kier alpha value is 0.140. The Morgan fingerprint density at radius 1 is 1.38 bits per heavy atom. The highest BCUT2D eigenvalue weighted by atomic mass is 79.9. The lowest BCUT2D eigenvalue weighted by Gasteiger charge is -2.32. The fourth-order valence-electron chi connectivity index (χ4n) is 2.63. The molecule has 90 valence electrons. The summed E-state index contributed by atoms with van der Waals surface area (Å²) in [6.45, 7) is 3.40. The van der Waals surface area contributed by atoms with Crippen LogP contribution in [0, 0.1) is 0 Å². The van der Waals surface area contributed by atoms with E-state index in [2.05, 4.69) is 38.9 Å². The van der Waals surface area contributed by atoms with Gasteiger partial charge in [0.15, 0.2) is 0 Å². The van der Waals surface area contributed by atoms with E-state index in [4.69, 9.17) is 0 Å². The van der Waals surface area contributed by atoms with E-state index >= 15 is 0 Å². The highest BCUT2D eigenvalue weighted by Gasteiger charge is 2.27. The number of rotatable bonds is 4. The maximum absolute atomic E-state index is 3.72. The largest absolute Gasteiger partial charge is 0.313 e. The van der Waals surface area contributed by atoms with Crippen molar-refractivity contribution in [2.24, 2.45) is 0 Å². The van der Waals surface area contributed by atoms with Gasteiger partial charge in [-0.25, -0.2) is 0 Å². The molecule has 2 atom stereocenters. The second kappa shape index (κ2) is 6.18. The van der Waals surface area contributed by atoms with Crippen LogP contribution in [-0.4, -0.2) is 12.6 Å². The van der Waals surface area contributed by atoms with Crippen molar-refractivity contribution in [2.45, 2.75) is 51.0 Å². The summed E-state index contributed by atoms with van der Waals surface area (Å²) < 4.78 is 1.31. The summed E-state index contributed by atoms with van der Waals surface area (Å²) in [6.07, 6.45) is 6.69. The number of thiophene rings is 1. The molecule has 0 saturated heterocycles. The van der Waals surface area contributed by atoms with Crippen LogP contribution in [0.5, 0.6) is 0 Å². The predicted octanol–water partition coefficient (Wildman–Crippen LogP) is 4.54. The molecule has 0 aliphatic heterocycles. The summed E-state index contributed by atoms with van der Waals surface area (Å²) in [5, 5.41) is 8.25. The van der Waals surface area contributed by atoms with Crippen LogP contribution >= 0.6 is 27.3 Å². The van der Waals surface area contributed by atoms with Gasteiger partial charge in [-0.2, -0.15) is 11.3 Å². The van der Waals surface area contributed by atoms with Crippen LogP contribution in [0.2, 0.25) is 0 Å². The molecule has 0 spiro atoms. The Bertz CT molecular complexity index is 323. The average molecular weight is 302 g/mol. The molecular weight excluding hydrogens is 282 g/mol. The lowest BCUT2D eigenvalue weighted by molar-refractivity contribution is 0.328. The minimum atomic E-state index is 0.694. The molecule has 2 rings (SSSR count). The van der Waals surface area contributed by atoms with E-state index in [1.54, 1.807) is 0 Å². The Balaban J connectivity index is 2.07. The quantitative estimate of drug-likeness (QED) is 0.861. The van der Waals surface area contributed by atoms with Crippen LogP contribution in [0.4, 0.5) is 0 Å². The number of halogens is 1. The zero-order valence-corrected chi connectivity index (χ0v) is 12.2. The predicted molar refractivity (Wildman–Crippen MR) is 75.3 cm³/mol. The maximum Gasteiger partial charge on any atom is 0.0317 e. The number of nitrogens with one attached hydrogen (secondary N) is 1. The van der Waals surface area contributed by atoms with E-state index in [9.17, 15) is 0 Å². The second-order valence-corrected chi connectivity index (χ2v) is 6.22. The monoisotopic (exact) mass is 301 g/mol. The molecule has 3 heteroatoms. The van der Waals surface area contributed by atoms with E-state index < -0.39 is 0 Å². The molecule has 1 fully saturated rings. The smallest absolute Gasteiger partial charge is 0.0317 e. The molecule has 1 aliphatic rings. The SMILES string of the molecule is CCCNC1CCCCC1c1cscc1Br. The lowest BCUT2D eigenvalue weighted by atomic mass is 9.81. The van der Waals surface area contributed by atoms with Gasteiger partial charge in [0.1, 0.15) is 0 Å². The first-order valence-electron chi connectivity index (χ1n) is 6.28. The Morgan fingerprint density at radius 3 is 2.88 bits per heavy atom. The Labute approximate surface area is 111 Å². The van der Waals surface area contributed by atoms with Crippen LogP contribution in [0.25, 0.3) is 0 Å². The van der Waals surface area contributed by atoms with E-state index in [1.807, 2.05) is 11.3 Å². The maximum atomic E-state index is 3.72. The molecular formula is C13H20BrNS. The molecule has 1 aromatic heterocycles. The highest BCUT2D eigenvalue weighted by molar-refractivity contribution is 9.10. The van der Waals surface area contributed by atoms with Crippen molar-refractivity contribution >= 4 is 27.3 Å². The lowest BCUT2D eigenvalue weighted by Crippen LogP contribution is -2.37. The van der Waals surface area contributed by atoms with E-state index in [0.717, 1.165) is 12.5 Å². The summed E-state index contributed by atoms with van der Waals surface area (Å²) in [4.78, 5) is 0. The molecule has 1 aromatic rings. The fourth-order valence-corrected chi connectivity index (χ4v) is 4.29. The topological polar surface area (TPSA) is 12.0 Å². The third-order valence-electron chi connectivity index (χ3n) is 3.46. The fraction of sp³-hybridized carbons (Fsp3) is 0.692. The van der Waals surface area contributed by atoms with Gasteiger partial charge < -0.3 is 5.32 Å². The standard InChI is InChI=1S/C13H20BrNS/c1-2-7-15-13-6-4-3-5-10(13)11-8-16-9-12(11)14/h8-10,13,15H,2-7H2,1H3. The summed E-state index contributed by atoms with van der Waals surface area (Å²) in [6, 6.07) is 0.694. The Morgan fingerprint density at radius 2 is 2.19 bits per heavy atom. The van der Waals surface area contributed by atoms with E-state index in [-0.39, 0.29) is 0 Å². The number of hydrogen-bond acceptors (Lipinski definition) is 2. The van der Waals surface area contributed by atoms with Gasteiger partial charge in [-0.3, -0.25) is 0 Å². The van der Waals surface area contributed by atoms with Crippen molar-refractivity contribution in [2.75, 3.05) is 6.54 Å². The molecule has 0 bridgehead atoms. The first-order valence-corrected chi connectivity index (χ1v) is 8.01. The van der Waals surface area contributed by atoms with E-state index in [1.165, 1.54) is 42.1 Å². The van der Waals surface area contributed by atoms with Gasteiger partial charge in [0, 0.05) is 21.8 Å². The summed E-state index contributed by atoms with van der Waals surface area (Å²) >= 11 is 5.49. The normalized spacial score (nSPS) is 25.9. The van der Waals surface area contributed by atoms with Gasteiger partial charge in [0.25, 0.3) is 0 Å². The molecule has 0 aromatic carbocycles. The van der Waals surface area contributed by atoms with Crippen molar-refractivity contribution in [1.82, 2.24) is 5.32 Å². The molecule has 1 aliphatic carbocycles. The zero-order valence-electron chi connectivity index (χ0n) is 9.84. The Kier molecular flexibility index (Phi) is 4.86. The molecule has 1 nitrogen and oxygen atoms in total. The van der Waals surface area contributed by atoms with Crippen molar-refractivity contribution in [3.05, 3.63) is 20.8 Å². The van der Waals surface area contributed by atoms with Gasteiger partial charge >= 0.3 is 0 Å². The second-order valence-electron chi connectivity index (χ2n) is 4.63. The molecule has 1 heterocycles. The molecule has 0 radical (unpaired) electrons. The van der Waals surface area contributed by atoms with Crippen molar-refractivity contribution in [3.63, 3.8) is 0 Å². The van der Waals surface area contributed by atoms with Crippen LogP contribution in [0.1, 0.15) is 50.5 Å². The molecule has 1 N–H and O–H groups in total. The molecule has 0 amide bonds. The molecule has 2 unspecified atom stereocenters. The zero-order chi connectivity index (χ0) is 11.4. The van der Waals surface area contributed by atoms with E-state index in [0.29, 0.717) is 6.04 Å². The molecule has 1 saturated carbocycles. The third-order valence-corrected chi connectivity index (χ3v) is 5.22. The van der Waals surface area contributed by atoms with Gasteiger partial charge in [-0.1, -0.05) is 19.8 Å². The summed E-state index contributed by atoms with van der Waals surface area (Å²) in [5.74, 6) is 0.723. The summed E-state index contributed by atoms with van der Waals surface area (Å²) in [5.41, 5.74) is 1.53. The van der Waals surface area contributed by atoms with Gasteiger partial charge in [-0.05, 0) is 52.7 Å². The highest BCUT2D eigenvalue weighted by Crippen LogP contribution is 2.38. The number of hydrogen-bond donors (Lipinski definition) is 1. The van der Waals surface area contributed by atoms with Crippen molar-refractivity contribution < 1.29 is 0 Å². The summed E-state index contributed by atoms with van der Waals surface area (Å²) in [7, 11) is 0. The molecule has 16 heavy (non-hydrogen) atoms. The first-order chi connectivity index (χ1) is 7.83. The third kappa shape index (κ3) is 2.88. The van der Waals surface area contributed by atoms with Crippen LogP contribution in [-0.2, 0) is 0 Å². The minimum absolute atomic E-state index is 0.694. The first kappa shape index (κ1) is 12.6. The van der Waals surface area contributed by atoms with Crippen molar-refractivity contribution in [3.8, 4) is 0 Å². The average Bonchev–Trinajstić information content (AvgIpc) is 2.73. The van der Waals surface area contributed by atoms with Gasteiger partial charge in [-0.15, -0.1) is 0 Å². The van der Waals surface area contributed by atoms with Crippen LogP contribution < -0.4 is 5.32 Å². The van der Waals surface area contributed by atoms with Crippen molar-refractivity contribution in [1.29, 1.82) is 0 Å². The van der Waals surface area contributed by atoms with Crippen LogP contribution in [0.3, 0.4) is 0 Å². The minimum Gasteiger partial charge on any atom is -0.313 e. The van der Waals surface area contributed by atoms with Gasteiger partial charge in [0.2, 0.25) is 0 Å². The van der Waals surface area contributed by atoms with Gasteiger partial charge in [0.05, 0.1) is 0 Å². The van der Waals surface area contributed by atoms with Crippen LogP contribution in [0.15, 0.2) is 15.2 Å².